The molecule has 0 amide bonds. The van der Waals surface area contributed by atoms with E-state index in [2.05, 4.69) is 4.98 Å². The molecular weight excluding hydrogens is 316 g/mol. The Labute approximate surface area is 153 Å². The second kappa shape index (κ2) is 6.56. The van der Waals surface area contributed by atoms with Gasteiger partial charge < -0.3 is 14.1 Å². The van der Waals surface area contributed by atoms with E-state index in [0.717, 1.165) is 6.07 Å². The first-order valence-corrected chi connectivity index (χ1v) is 7.04. The van der Waals surface area contributed by atoms with Gasteiger partial charge in [-0.25, -0.2) is 16.8 Å². The summed E-state index contributed by atoms with van der Waals surface area (Å²) in [6.07, 6.45) is 1.33. The maximum atomic E-state index is 11.0. The minimum absolute atomic E-state index is 0. The Morgan fingerprint density at radius 3 is 2.00 bits per heavy atom. The number of benzene rings is 1. The molecule has 1 N–H and O–H groups in total. The number of aromatic amines is 1. The standard InChI is InChI=1S/C8H7NO6S2.2Na/c10-16(11,12)6-3-5-1-2-9-8(5)7(4-6)17(13,14)15;;/h1-4,9H,(H,10,11,12)(H,13,14,15);;/q;2*+1/p-2. The molecule has 0 spiro atoms. The molecule has 0 aliphatic rings. The van der Waals surface area contributed by atoms with Gasteiger partial charge in [-0.2, -0.15) is 0 Å². The maximum Gasteiger partial charge on any atom is 1.00 e. The fourth-order valence-corrected chi connectivity index (χ4v) is 2.76. The van der Waals surface area contributed by atoms with Crippen LogP contribution < -0.4 is 59.1 Å². The van der Waals surface area contributed by atoms with E-state index in [4.69, 9.17) is 0 Å². The van der Waals surface area contributed by atoms with E-state index in [1.54, 1.807) is 0 Å². The van der Waals surface area contributed by atoms with Crippen LogP contribution in [0.4, 0.5) is 0 Å². The molecule has 19 heavy (non-hydrogen) atoms. The van der Waals surface area contributed by atoms with E-state index in [9.17, 15) is 25.9 Å². The summed E-state index contributed by atoms with van der Waals surface area (Å²) in [6, 6.07) is 2.92. The molecule has 92 valence electrons. The molecule has 0 saturated heterocycles. The third-order valence-electron chi connectivity index (χ3n) is 2.15. The van der Waals surface area contributed by atoms with Crippen molar-refractivity contribution in [3.05, 3.63) is 24.4 Å². The van der Waals surface area contributed by atoms with Crippen molar-refractivity contribution in [1.29, 1.82) is 0 Å². The molecule has 11 heteroatoms. The summed E-state index contributed by atoms with van der Waals surface area (Å²) in [5, 5.41) is 0.163. The van der Waals surface area contributed by atoms with E-state index < -0.39 is 30.0 Å². The second-order valence-electron chi connectivity index (χ2n) is 3.27. The molecule has 0 unspecified atom stereocenters. The Morgan fingerprint density at radius 1 is 0.947 bits per heavy atom. The predicted molar refractivity (Wildman–Crippen MR) is 54.2 cm³/mol. The van der Waals surface area contributed by atoms with E-state index in [0.29, 0.717) is 6.07 Å². The fraction of sp³-hybridized carbons (Fsp3) is 0. The van der Waals surface area contributed by atoms with Crippen molar-refractivity contribution in [3.63, 3.8) is 0 Å². The zero-order valence-electron chi connectivity index (χ0n) is 10.1. The van der Waals surface area contributed by atoms with E-state index in [1.165, 1.54) is 12.3 Å². The molecule has 1 aromatic carbocycles. The van der Waals surface area contributed by atoms with Crippen molar-refractivity contribution in [2.45, 2.75) is 9.79 Å². The van der Waals surface area contributed by atoms with Crippen LogP contribution in [0.2, 0.25) is 0 Å². The van der Waals surface area contributed by atoms with Crippen molar-refractivity contribution in [3.8, 4) is 0 Å². The topological polar surface area (TPSA) is 130 Å². The number of rotatable bonds is 2. The Bertz CT molecular complexity index is 796. The van der Waals surface area contributed by atoms with Crippen LogP contribution in [0.15, 0.2) is 34.2 Å². The average molecular weight is 321 g/mol. The maximum absolute atomic E-state index is 11.0. The van der Waals surface area contributed by atoms with Crippen LogP contribution in [0.5, 0.6) is 0 Å². The number of nitrogens with one attached hydrogen (secondary N) is 1. The van der Waals surface area contributed by atoms with Gasteiger partial charge in [0.2, 0.25) is 0 Å². The van der Waals surface area contributed by atoms with Crippen molar-refractivity contribution in [2.75, 3.05) is 0 Å². The van der Waals surface area contributed by atoms with Crippen LogP contribution in [0.3, 0.4) is 0 Å². The van der Waals surface area contributed by atoms with Gasteiger partial charge in [-0.3, -0.25) is 0 Å². The molecule has 0 saturated carbocycles. The second-order valence-corrected chi connectivity index (χ2v) is 6.00. The minimum atomic E-state index is -4.87. The summed E-state index contributed by atoms with van der Waals surface area (Å²) in [5.41, 5.74) is -0.0209. The summed E-state index contributed by atoms with van der Waals surface area (Å²) in [6.45, 7) is 0. The van der Waals surface area contributed by atoms with Crippen LogP contribution in [-0.4, -0.2) is 30.9 Å². The number of aromatic nitrogens is 1. The Hall–Kier alpha value is 0.580. The molecule has 0 fully saturated rings. The van der Waals surface area contributed by atoms with E-state index in [-0.39, 0.29) is 70.0 Å². The van der Waals surface area contributed by atoms with Gasteiger partial charge >= 0.3 is 59.1 Å². The molecule has 0 radical (unpaired) electrons. The number of hydrogen-bond acceptors (Lipinski definition) is 6. The van der Waals surface area contributed by atoms with Gasteiger partial charge in [-0.1, -0.05) is 0 Å². The molecule has 1 heterocycles. The Kier molecular flexibility index (Phi) is 6.76. The fourth-order valence-electron chi connectivity index (χ4n) is 1.45. The Morgan fingerprint density at radius 2 is 1.53 bits per heavy atom. The monoisotopic (exact) mass is 321 g/mol. The smallest absolute Gasteiger partial charge is 0.744 e. The molecular formula is C8H5NNa2O6S2. The van der Waals surface area contributed by atoms with Gasteiger partial charge in [0.1, 0.15) is 20.2 Å². The van der Waals surface area contributed by atoms with Crippen molar-refractivity contribution < 1.29 is 85.1 Å². The molecule has 0 aliphatic heterocycles. The van der Waals surface area contributed by atoms with Gasteiger partial charge in [-0.05, 0) is 18.2 Å². The van der Waals surface area contributed by atoms with E-state index >= 15 is 0 Å². The van der Waals surface area contributed by atoms with Crippen LogP contribution >= 0.6 is 0 Å². The van der Waals surface area contributed by atoms with Gasteiger partial charge in [0.05, 0.1) is 15.3 Å². The number of fused-ring (bicyclic) bond motifs is 1. The van der Waals surface area contributed by atoms with Gasteiger partial charge in [0.25, 0.3) is 0 Å². The van der Waals surface area contributed by atoms with Crippen LogP contribution in [0.25, 0.3) is 10.9 Å². The number of H-pyrrole nitrogens is 1. The molecule has 0 atom stereocenters. The molecule has 2 rings (SSSR count). The third-order valence-corrected chi connectivity index (χ3v) is 3.83. The quantitative estimate of drug-likeness (QED) is 0.433. The molecule has 7 nitrogen and oxygen atoms in total. The third kappa shape index (κ3) is 4.27. The summed E-state index contributed by atoms with van der Waals surface area (Å²) >= 11 is 0. The largest absolute Gasteiger partial charge is 1.00 e. The number of hydrogen-bond donors (Lipinski definition) is 1. The van der Waals surface area contributed by atoms with Gasteiger partial charge in [0.15, 0.2) is 0 Å². The molecule has 0 aliphatic carbocycles. The van der Waals surface area contributed by atoms with Crippen molar-refractivity contribution in [2.24, 2.45) is 0 Å². The zero-order valence-corrected chi connectivity index (χ0v) is 15.7. The average Bonchev–Trinajstić information content (AvgIpc) is 2.59. The van der Waals surface area contributed by atoms with Crippen molar-refractivity contribution >= 4 is 31.1 Å². The van der Waals surface area contributed by atoms with E-state index in [1.807, 2.05) is 0 Å². The molecule has 0 bridgehead atoms. The summed E-state index contributed by atoms with van der Waals surface area (Å²) in [7, 11) is -9.69. The summed E-state index contributed by atoms with van der Waals surface area (Å²) in [5.74, 6) is 0. The molecule has 1 aromatic heterocycles. The van der Waals surface area contributed by atoms with Crippen LogP contribution in [0, 0.1) is 0 Å². The Balaban J connectivity index is 0.00000162. The van der Waals surface area contributed by atoms with Gasteiger partial charge in [-0.15, -0.1) is 0 Å². The van der Waals surface area contributed by atoms with Crippen LogP contribution in [-0.2, 0) is 20.2 Å². The van der Waals surface area contributed by atoms with Crippen molar-refractivity contribution in [1.82, 2.24) is 4.98 Å². The predicted octanol–water partition coefficient (Wildman–Crippen LogP) is -6.02. The van der Waals surface area contributed by atoms with Crippen LogP contribution in [0.1, 0.15) is 0 Å². The summed E-state index contributed by atoms with van der Waals surface area (Å²) in [4.78, 5) is 0.991. The first-order valence-electron chi connectivity index (χ1n) is 4.22. The van der Waals surface area contributed by atoms with Gasteiger partial charge in [0, 0.05) is 11.6 Å². The first-order chi connectivity index (χ1) is 7.69. The first kappa shape index (κ1) is 19.6. The molecule has 2 aromatic rings. The minimum Gasteiger partial charge on any atom is -0.744 e. The normalized spacial score (nSPS) is 11.7. The SMILES string of the molecule is O=S(=O)([O-])c1cc(S(=O)(=O)[O-])c2[nH]ccc2c1.[Na+].[Na+]. The zero-order chi connectivity index (χ0) is 12.8. The summed E-state index contributed by atoms with van der Waals surface area (Å²) < 4.78 is 65.3.